The first-order valence-corrected chi connectivity index (χ1v) is 11.6. The molecule has 5 nitrogen and oxygen atoms in total. The zero-order valence-corrected chi connectivity index (χ0v) is 18.9. The zero-order chi connectivity index (χ0) is 22.3. The van der Waals surface area contributed by atoms with Crippen LogP contribution in [0.1, 0.15) is 52.7 Å². The molecule has 1 amide bonds. The highest BCUT2D eigenvalue weighted by Gasteiger charge is 2.37. The number of carbonyl (C=O) groups is 2. The minimum Gasteiger partial charge on any atom is -0.482 e. The van der Waals surface area contributed by atoms with Gasteiger partial charge in [0.05, 0.1) is 6.54 Å². The van der Waals surface area contributed by atoms with Crippen LogP contribution in [0.5, 0.6) is 5.75 Å². The number of benzene rings is 2. The van der Waals surface area contributed by atoms with Crippen LogP contribution in [0.25, 0.3) is 6.08 Å². The molecule has 32 heavy (non-hydrogen) atoms. The Kier molecular flexibility index (Phi) is 5.38. The Morgan fingerprint density at radius 1 is 1.03 bits per heavy atom. The molecule has 3 heterocycles. The molecule has 5 heteroatoms. The Labute approximate surface area is 189 Å². The van der Waals surface area contributed by atoms with E-state index in [1.54, 1.807) is 4.90 Å². The van der Waals surface area contributed by atoms with Crippen molar-refractivity contribution in [3.8, 4) is 5.75 Å². The van der Waals surface area contributed by atoms with E-state index in [0.717, 1.165) is 55.9 Å². The predicted molar refractivity (Wildman–Crippen MR) is 126 cm³/mol. The van der Waals surface area contributed by atoms with Crippen LogP contribution in [-0.2, 0) is 4.79 Å². The van der Waals surface area contributed by atoms with E-state index in [9.17, 15) is 9.59 Å². The van der Waals surface area contributed by atoms with Crippen molar-refractivity contribution in [1.82, 2.24) is 4.90 Å². The molecule has 0 bridgehead atoms. The number of likely N-dealkylation sites (tertiary alicyclic amines) is 1. The van der Waals surface area contributed by atoms with Gasteiger partial charge < -0.3 is 9.64 Å². The Bertz CT molecular complexity index is 1080. The summed E-state index contributed by atoms with van der Waals surface area (Å²) >= 11 is 0. The molecule has 0 aromatic heterocycles. The highest BCUT2D eigenvalue weighted by atomic mass is 16.5. The van der Waals surface area contributed by atoms with Gasteiger partial charge in [-0.05, 0) is 73.9 Å². The lowest BCUT2D eigenvalue weighted by molar-refractivity contribution is -0.117. The van der Waals surface area contributed by atoms with Crippen molar-refractivity contribution in [2.24, 2.45) is 0 Å². The number of fused-ring (bicyclic) bond motifs is 1. The van der Waals surface area contributed by atoms with Gasteiger partial charge in [0.2, 0.25) is 5.91 Å². The first-order chi connectivity index (χ1) is 15.4. The van der Waals surface area contributed by atoms with Gasteiger partial charge in [-0.15, -0.1) is 0 Å². The molecule has 1 spiro atoms. The molecule has 3 aliphatic rings. The zero-order valence-electron chi connectivity index (χ0n) is 18.9. The number of hydrogen-bond acceptors (Lipinski definition) is 4. The van der Waals surface area contributed by atoms with Crippen LogP contribution < -0.4 is 9.64 Å². The number of piperidine rings is 1. The fourth-order valence-corrected chi connectivity index (χ4v) is 4.93. The molecule has 0 unspecified atom stereocenters. The summed E-state index contributed by atoms with van der Waals surface area (Å²) in [6.07, 6.45) is 7.67. The second-order valence-corrected chi connectivity index (χ2v) is 9.37. The number of rotatable bonds is 4. The van der Waals surface area contributed by atoms with Crippen molar-refractivity contribution in [2.75, 3.05) is 31.1 Å². The minimum atomic E-state index is -0.266. The first-order valence-electron chi connectivity index (χ1n) is 11.6. The maximum absolute atomic E-state index is 12.8. The molecular weight excluding hydrogens is 400 g/mol. The van der Waals surface area contributed by atoms with E-state index in [1.165, 1.54) is 11.1 Å². The summed E-state index contributed by atoms with van der Waals surface area (Å²) in [5, 5.41) is 0. The van der Waals surface area contributed by atoms with Crippen LogP contribution in [0, 0.1) is 13.8 Å². The van der Waals surface area contributed by atoms with E-state index in [4.69, 9.17) is 4.74 Å². The Morgan fingerprint density at radius 3 is 2.44 bits per heavy atom. The summed E-state index contributed by atoms with van der Waals surface area (Å²) in [6.45, 7) is 7.09. The van der Waals surface area contributed by atoms with Gasteiger partial charge in [-0.2, -0.15) is 0 Å². The first kappa shape index (κ1) is 21.0. The van der Waals surface area contributed by atoms with Gasteiger partial charge in [0, 0.05) is 55.7 Å². The van der Waals surface area contributed by atoms with Gasteiger partial charge in [0.1, 0.15) is 11.4 Å². The van der Waals surface area contributed by atoms with E-state index in [0.29, 0.717) is 18.5 Å². The van der Waals surface area contributed by atoms with Crippen molar-refractivity contribution in [3.63, 3.8) is 0 Å². The van der Waals surface area contributed by atoms with Crippen LogP contribution in [-0.4, -0.2) is 48.4 Å². The summed E-state index contributed by atoms with van der Waals surface area (Å²) in [5.74, 6) is 1.26. The highest BCUT2D eigenvalue weighted by molar-refractivity contribution is 5.99. The molecule has 0 atom stereocenters. The summed E-state index contributed by atoms with van der Waals surface area (Å²) in [4.78, 5) is 28.8. The van der Waals surface area contributed by atoms with Crippen molar-refractivity contribution >= 4 is 23.5 Å². The third-order valence-corrected chi connectivity index (χ3v) is 7.15. The molecule has 2 aromatic rings. The Hall–Kier alpha value is -2.92. The lowest BCUT2D eigenvalue weighted by Gasteiger charge is -2.42. The van der Waals surface area contributed by atoms with Crippen LogP contribution in [0.15, 0.2) is 42.5 Å². The molecular formula is C27H30N2O3. The van der Waals surface area contributed by atoms with Crippen LogP contribution in [0.2, 0.25) is 0 Å². The monoisotopic (exact) mass is 430 g/mol. The second-order valence-electron chi connectivity index (χ2n) is 9.37. The number of Topliss-reactive ketones (excluding diaryl/α,β-unsaturated/α-hetero) is 1. The Balaban J connectivity index is 1.19. The summed E-state index contributed by atoms with van der Waals surface area (Å²) in [5.41, 5.74) is 5.00. The average Bonchev–Trinajstić information content (AvgIpc) is 3.22. The summed E-state index contributed by atoms with van der Waals surface area (Å²) in [7, 11) is 0. The molecule has 0 aliphatic carbocycles. The van der Waals surface area contributed by atoms with Crippen molar-refractivity contribution in [1.29, 1.82) is 0 Å². The number of carbonyl (C=O) groups excluding carboxylic acids is 2. The van der Waals surface area contributed by atoms with Crippen LogP contribution in [0.3, 0.4) is 0 Å². The van der Waals surface area contributed by atoms with Gasteiger partial charge in [-0.1, -0.05) is 6.08 Å². The molecule has 0 N–H and O–H groups in total. The topological polar surface area (TPSA) is 49.9 Å². The lowest BCUT2D eigenvalue weighted by atomic mass is 9.87. The normalized spacial score (nSPS) is 19.8. The van der Waals surface area contributed by atoms with Gasteiger partial charge in [-0.25, -0.2) is 0 Å². The molecule has 2 saturated heterocycles. The number of anilines is 1. The fraction of sp³-hybridized carbons (Fsp3) is 0.407. The standard InChI is InChI=1S/C27H30N2O3/c1-19-16-22-9-10-27(32-25(22)17-20(19)2)11-14-28(15-12-27)18-24(30)21-5-7-23(8-6-21)29-13-3-4-26(29)31/h5-10,16-17H,3-4,11-15,18H2,1-2H3. The van der Waals surface area contributed by atoms with Gasteiger partial charge in [-0.3, -0.25) is 14.5 Å². The Morgan fingerprint density at radius 2 is 1.75 bits per heavy atom. The number of ether oxygens (including phenoxy) is 1. The minimum absolute atomic E-state index is 0.122. The van der Waals surface area contributed by atoms with E-state index < -0.39 is 0 Å². The molecule has 2 aromatic carbocycles. The molecule has 166 valence electrons. The molecule has 5 rings (SSSR count). The van der Waals surface area contributed by atoms with Crippen molar-refractivity contribution < 1.29 is 14.3 Å². The predicted octanol–water partition coefficient (Wildman–Crippen LogP) is 4.55. The molecule has 0 radical (unpaired) electrons. The largest absolute Gasteiger partial charge is 0.482 e. The second kappa shape index (κ2) is 8.21. The summed E-state index contributed by atoms with van der Waals surface area (Å²) < 4.78 is 6.47. The number of nitrogens with zero attached hydrogens (tertiary/aromatic N) is 2. The third kappa shape index (κ3) is 3.97. The van der Waals surface area contributed by atoms with Gasteiger partial charge in [0.15, 0.2) is 5.78 Å². The number of aryl methyl sites for hydroxylation is 2. The third-order valence-electron chi connectivity index (χ3n) is 7.15. The van der Waals surface area contributed by atoms with Crippen molar-refractivity contribution in [3.05, 3.63) is 64.7 Å². The molecule has 0 saturated carbocycles. The number of ketones is 1. The van der Waals surface area contributed by atoms with Crippen molar-refractivity contribution in [2.45, 2.75) is 45.1 Å². The number of amides is 1. The van der Waals surface area contributed by atoms with E-state index in [-0.39, 0.29) is 17.3 Å². The van der Waals surface area contributed by atoms with Gasteiger partial charge in [0.25, 0.3) is 0 Å². The van der Waals surface area contributed by atoms with Crippen LogP contribution in [0.4, 0.5) is 5.69 Å². The average molecular weight is 431 g/mol. The maximum atomic E-state index is 12.8. The van der Waals surface area contributed by atoms with E-state index >= 15 is 0 Å². The summed E-state index contributed by atoms with van der Waals surface area (Å²) in [6, 6.07) is 11.8. The highest BCUT2D eigenvalue weighted by Crippen LogP contribution is 2.38. The maximum Gasteiger partial charge on any atom is 0.227 e. The fourth-order valence-electron chi connectivity index (χ4n) is 4.93. The SMILES string of the molecule is Cc1cc2c(cc1C)OC1(C=C2)CCN(CC(=O)c2ccc(N3CCCC3=O)cc2)CC1. The quantitative estimate of drug-likeness (QED) is 0.668. The molecule has 3 aliphatic heterocycles. The van der Waals surface area contributed by atoms with Crippen LogP contribution >= 0.6 is 0 Å². The number of hydrogen-bond donors (Lipinski definition) is 0. The van der Waals surface area contributed by atoms with E-state index in [1.807, 2.05) is 24.3 Å². The molecule has 2 fully saturated rings. The smallest absolute Gasteiger partial charge is 0.227 e. The lowest BCUT2D eigenvalue weighted by Crippen LogP contribution is -2.48. The van der Waals surface area contributed by atoms with E-state index in [2.05, 4.69) is 43.0 Å². The van der Waals surface area contributed by atoms with Gasteiger partial charge >= 0.3 is 0 Å².